The Bertz CT molecular complexity index is 515. The Hall–Kier alpha value is -2.44. The molecule has 0 aromatic heterocycles. The zero-order valence-electron chi connectivity index (χ0n) is 11.7. The molecule has 0 aliphatic heterocycles. The van der Waals surface area contributed by atoms with Gasteiger partial charge in [0.2, 0.25) is 5.91 Å². The monoisotopic (exact) mass is 297 g/mol. The van der Waals surface area contributed by atoms with E-state index in [-0.39, 0.29) is 12.8 Å². The van der Waals surface area contributed by atoms with E-state index in [1.54, 1.807) is 0 Å². The van der Waals surface area contributed by atoms with Gasteiger partial charge in [-0.2, -0.15) is 0 Å². The van der Waals surface area contributed by atoms with Crippen LogP contribution in [0, 0.1) is 5.82 Å². The first-order chi connectivity index (χ1) is 9.96. The highest BCUT2D eigenvalue weighted by molar-refractivity contribution is 5.88. The molecule has 0 saturated heterocycles. The van der Waals surface area contributed by atoms with E-state index in [1.807, 2.05) is 0 Å². The maximum Gasteiger partial charge on any atom is 0.328 e. The van der Waals surface area contributed by atoms with Crippen LogP contribution < -0.4 is 5.32 Å². The van der Waals surface area contributed by atoms with Crippen molar-refractivity contribution in [1.29, 1.82) is 0 Å². The number of carbonyl (C=O) groups excluding carboxylic acids is 3. The van der Waals surface area contributed by atoms with E-state index < -0.39 is 29.7 Å². The zero-order valence-corrected chi connectivity index (χ0v) is 11.7. The molecule has 6 nitrogen and oxygen atoms in total. The molecule has 1 N–H and O–H groups in total. The SMILES string of the molecule is COC(=O)C[C@H](NC(=O)Cc1ccc(F)cc1)C(=O)OC. The first kappa shape index (κ1) is 16.6. The van der Waals surface area contributed by atoms with Gasteiger partial charge in [-0.25, -0.2) is 9.18 Å². The van der Waals surface area contributed by atoms with E-state index in [9.17, 15) is 18.8 Å². The topological polar surface area (TPSA) is 81.7 Å². The summed E-state index contributed by atoms with van der Waals surface area (Å²) in [7, 11) is 2.33. The van der Waals surface area contributed by atoms with Crippen molar-refractivity contribution in [1.82, 2.24) is 5.32 Å². The highest BCUT2D eigenvalue weighted by Gasteiger charge is 2.25. The predicted molar refractivity (Wildman–Crippen MR) is 70.7 cm³/mol. The number of rotatable bonds is 6. The van der Waals surface area contributed by atoms with Crippen LogP contribution in [0.5, 0.6) is 0 Å². The average Bonchev–Trinajstić information content (AvgIpc) is 2.47. The minimum Gasteiger partial charge on any atom is -0.469 e. The van der Waals surface area contributed by atoms with Crippen molar-refractivity contribution in [2.75, 3.05) is 14.2 Å². The van der Waals surface area contributed by atoms with Gasteiger partial charge in [0, 0.05) is 0 Å². The zero-order chi connectivity index (χ0) is 15.8. The third-order valence-corrected chi connectivity index (χ3v) is 2.70. The Morgan fingerprint density at radius 2 is 1.76 bits per heavy atom. The van der Waals surface area contributed by atoms with Gasteiger partial charge in [-0.05, 0) is 17.7 Å². The van der Waals surface area contributed by atoms with Gasteiger partial charge < -0.3 is 14.8 Å². The molecule has 7 heteroatoms. The van der Waals surface area contributed by atoms with Crippen LogP contribution in [-0.4, -0.2) is 38.1 Å². The highest BCUT2D eigenvalue weighted by atomic mass is 19.1. The van der Waals surface area contributed by atoms with Crippen LogP contribution in [0.2, 0.25) is 0 Å². The van der Waals surface area contributed by atoms with Gasteiger partial charge in [0.1, 0.15) is 11.9 Å². The van der Waals surface area contributed by atoms with E-state index in [1.165, 1.54) is 31.4 Å². The second kappa shape index (κ2) is 7.98. The molecule has 114 valence electrons. The molecule has 0 aliphatic rings. The number of amides is 1. The second-order valence-electron chi connectivity index (χ2n) is 4.23. The summed E-state index contributed by atoms with van der Waals surface area (Å²) in [4.78, 5) is 34.5. The lowest BCUT2D eigenvalue weighted by molar-refractivity contribution is -0.150. The summed E-state index contributed by atoms with van der Waals surface area (Å²) in [6.45, 7) is 0. The first-order valence-corrected chi connectivity index (χ1v) is 6.14. The van der Waals surface area contributed by atoms with Crippen LogP contribution in [0.1, 0.15) is 12.0 Å². The number of hydrogen-bond acceptors (Lipinski definition) is 5. The number of esters is 2. The summed E-state index contributed by atoms with van der Waals surface area (Å²) in [5, 5.41) is 2.39. The summed E-state index contributed by atoms with van der Waals surface area (Å²) < 4.78 is 21.7. The maximum atomic E-state index is 12.8. The molecule has 0 aliphatic carbocycles. The van der Waals surface area contributed by atoms with Crippen LogP contribution in [0.15, 0.2) is 24.3 Å². The molecule has 1 amide bonds. The van der Waals surface area contributed by atoms with E-state index >= 15 is 0 Å². The Morgan fingerprint density at radius 1 is 1.14 bits per heavy atom. The number of halogens is 1. The maximum absolute atomic E-state index is 12.8. The molecule has 0 heterocycles. The van der Waals surface area contributed by atoms with Gasteiger partial charge in [-0.1, -0.05) is 12.1 Å². The molecule has 21 heavy (non-hydrogen) atoms. The summed E-state index contributed by atoms with van der Waals surface area (Å²) in [6, 6.07) is 4.27. The third-order valence-electron chi connectivity index (χ3n) is 2.70. The van der Waals surface area contributed by atoms with Gasteiger partial charge in [0.15, 0.2) is 0 Å². The fourth-order valence-electron chi connectivity index (χ4n) is 1.62. The van der Waals surface area contributed by atoms with Crippen molar-refractivity contribution < 1.29 is 28.2 Å². The summed E-state index contributed by atoms with van der Waals surface area (Å²) >= 11 is 0. The minimum absolute atomic E-state index is 0.0467. The predicted octanol–water partition coefficient (Wildman–Crippen LogP) is 0.589. The Kier molecular flexibility index (Phi) is 6.32. The van der Waals surface area contributed by atoms with Gasteiger partial charge in [-0.15, -0.1) is 0 Å². The molecule has 1 atom stereocenters. The Morgan fingerprint density at radius 3 is 2.29 bits per heavy atom. The number of methoxy groups -OCH3 is 2. The molecule has 0 fully saturated rings. The smallest absolute Gasteiger partial charge is 0.328 e. The largest absolute Gasteiger partial charge is 0.469 e. The van der Waals surface area contributed by atoms with Gasteiger partial charge >= 0.3 is 11.9 Å². The van der Waals surface area contributed by atoms with Gasteiger partial charge in [0.25, 0.3) is 0 Å². The van der Waals surface area contributed by atoms with Crippen molar-refractivity contribution in [2.24, 2.45) is 0 Å². The molecule has 1 rings (SSSR count). The number of ether oxygens (including phenoxy) is 2. The van der Waals surface area contributed by atoms with Crippen molar-refractivity contribution in [3.05, 3.63) is 35.6 Å². The quantitative estimate of drug-likeness (QED) is 0.777. The minimum atomic E-state index is -1.12. The lowest BCUT2D eigenvalue weighted by Gasteiger charge is -2.15. The first-order valence-electron chi connectivity index (χ1n) is 6.14. The molecule has 1 aromatic carbocycles. The highest BCUT2D eigenvalue weighted by Crippen LogP contribution is 2.04. The van der Waals surface area contributed by atoms with Crippen LogP contribution >= 0.6 is 0 Å². The molecule has 0 bridgehead atoms. The van der Waals surface area contributed by atoms with Crippen molar-refractivity contribution >= 4 is 17.8 Å². The normalized spacial score (nSPS) is 11.4. The van der Waals surface area contributed by atoms with Gasteiger partial charge in [0.05, 0.1) is 27.1 Å². The molecule has 0 saturated carbocycles. The third kappa shape index (κ3) is 5.60. The van der Waals surface area contributed by atoms with E-state index in [0.29, 0.717) is 5.56 Å². The fraction of sp³-hybridized carbons (Fsp3) is 0.357. The van der Waals surface area contributed by atoms with Crippen molar-refractivity contribution in [2.45, 2.75) is 18.9 Å². The van der Waals surface area contributed by atoms with Crippen molar-refractivity contribution in [3.63, 3.8) is 0 Å². The van der Waals surface area contributed by atoms with Crippen LogP contribution in [0.25, 0.3) is 0 Å². The average molecular weight is 297 g/mol. The molecular weight excluding hydrogens is 281 g/mol. The van der Waals surface area contributed by atoms with E-state index in [4.69, 9.17) is 0 Å². The van der Waals surface area contributed by atoms with Crippen LogP contribution in [-0.2, 0) is 30.3 Å². The molecular formula is C14H16FNO5. The standard InChI is InChI=1S/C14H16FNO5/c1-20-13(18)8-11(14(19)21-2)16-12(17)7-9-3-5-10(15)6-4-9/h3-6,11H,7-8H2,1-2H3,(H,16,17)/t11-/m0/s1. The van der Waals surface area contributed by atoms with Crippen molar-refractivity contribution in [3.8, 4) is 0 Å². The van der Waals surface area contributed by atoms with Gasteiger partial charge in [-0.3, -0.25) is 9.59 Å². The second-order valence-corrected chi connectivity index (χ2v) is 4.23. The molecule has 1 aromatic rings. The van der Waals surface area contributed by atoms with E-state index in [2.05, 4.69) is 14.8 Å². The number of carbonyl (C=O) groups is 3. The van der Waals surface area contributed by atoms with Crippen LogP contribution in [0.4, 0.5) is 4.39 Å². The molecule has 0 spiro atoms. The summed E-state index contributed by atoms with van der Waals surface area (Å²) in [6.07, 6.45) is -0.368. The number of benzene rings is 1. The molecule has 0 radical (unpaired) electrons. The fourth-order valence-corrected chi connectivity index (χ4v) is 1.62. The number of nitrogens with one attached hydrogen (secondary N) is 1. The lowest BCUT2D eigenvalue weighted by atomic mass is 10.1. The summed E-state index contributed by atoms with van der Waals surface area (Å²) in [5.41, 5.74) is 0.579. The van der Waals surface area contributed by atoms with E-state index in [0.717, 1.165) is 7.11 Å². The molecule has 0 unspecified atom stereocenters. The Labute approximate surface area is 121 Å². The summed E-state index contributed by atoms with van der Waals surface area (Å²) in [5.74, 6) is -2.28. The lowest BCUT2D eigenvalue weighted by Crippen LogP contribution is -2.43. The van der Waals surface area contributed by atoms with Crippen LogP contribution in [0.3, 0.4) is 0 Å². The Balaban J connectivity index is 2.64. The number of hydrogen-bond donors (Lipinski definition) is 1.